The minimum absolute atomic E-state index is 0.0930. The Hall–Kier alpha value is -1.69. The average molecular weight is 318 g/mol. The Morgan fingerprint density at radius 3 is 2.48 bits per heavy atom. The van der Waals surface area contributed by atoms with Gasteiger partial charge < -0.3 is 10.4 Å². The maximum atomic E-state index is 13.6. The van der Waals surface area contributed by atoms with Crippen LogP contribution in [0.5, 0.6) is 0 Å². The maximum Gasteiger partial charge on any atom is 0.307 e. The van der Waals surface area contributed by atoms with Crippen LogP contribution < -0.4 is 5.32 Å². The van der Waals surface area contributed by atoms with E-state index in [9.17, 15) is 18.4 Å². The number of carboxylic acids is 1. The molecule has 114 valence electrons. The van der Waals surface area contributed by atoms with Crippen molar-refractivity contribution in [2.24, 2.45) is 17.8 Å². The van der Waals surface area contributed by atoms with Crippen molar-refractivity contribution in [3.05, 3.63) is 28.8 Å². The molecular formula is C14H14ClF2NO3. The molecule has 1 aromatic rings. The zero-order chi connectivity index (χ0) is 15.7. The normalized spacial score (nSPS) is 24.9. The van der Waals surface area contributed by atoms with E-state index in [1.165, 1.54) is 0 Å². The van der Waals surface area contributed by atoms with Crippen LogP contribution in [0.1, 0.15) is 19.8 Å². The van der Waals surface area contributed by atoms with Crippen LogP contribution in [-0.4, -0.2) is 17.0 Å². The number of carboxylic acid groups (broad SMARTS) is 1. The van der Waals surface area contributed by atoms with Crippen molar-refractivity contribution >= 4 is 29.2 Å². The highest BCUT2D eigenvalue weighted by molar-refractivity contribution is 6.33. The lowest BCUT2D eigenvalue weighted by Gasteiger charge is -2.16. The van der Waals surface area contributed by atoms with Gasteiger partial charge in [-0.1, -0.05) is 18.5 Å². The number of carbonyl (C=O) groups is 2. The average Bonchev–Trinajstić information content (AvgIpc) is 2.76. The Morgan fingerprint density at radius 1 is 1.29 bits per heavy atom. The topological polar surface area (TPSA) is 66.4 Å². The highest BCUT2D eigenvalue weighted by Gasteiger charge is 2.41. The van der Waals surface area contributed by atoms with Gasteiger partial charge in [-0.2, -0.15) is 0 Å². The van der Waals surface area contributed by atoms with Crippen molar-refractivity contribution in [2.75, 3.05) is 5.32 Å². The van der Waals surface area contributed by atoms with Crippen LogP contribution in [-0.2, 0) is 9.59 Å². The summed E-state index contributed by atoms with van der Waals surface area (Å²) in [5.74, 6) is -4.97. The first-order chi connectivity index (χ1) is 9.79. The Kier molecular flexibility index (Phi) is 4.46. The zero-order valence-corrected chi connectivity index (χ0v) is 12.0. The molecule has 0 radical (unpaired) electrons. The third-order valence-corrected chi connectivity index (χ3v) is 4.01. The van der Waals surface area contributed by atoms with Crippen molar-refractivity contribution < 1.29 is 23.5 Å². The Bertz CT molecular complexity index is 571. The Balaban J connectivity index is 2.20. The summed E-state index contributed by atoms with van der Waals surface area (Å²) in [5, 5.41) is 11.1. The smallest absolute Gasteiger partial charge is 0.307 e. The fourth-order valence-electron chi connectivity index (χ4n) is 2.73. The fraction of sp³-hybridized carbons (Fsp3) is 0.429. The first-order valence-corrected chi connectivity index (χ1v) is 6.85. The van der Waals surface area contributed by atoms with Gasteiger partial charge in [-0.25, -0.2) is 8.78 Å². The van der Waals surface area contributed by atoms with Crippen molar-refractivity contribution in [3.8, 4) is 0 Å². The van der Waals surface area contributed by atoms with Crippen LogP contribution in [0.3, 0.4) is 0 Å². The van der Waals surface area contributed by atoms with E-state index in [1.807, 2.05) is 6.92 Å². The molecule has 0 aromatic heterocycles. The minimum atomic E-state index is -1.05. The highest BCUT2D eigenvalue weighted by atomic mass is 35.5. The standard InChI is InChI=1S/C14H14ClF2NO3/c1-6-2-8(9(3-6)14(20)21)13(19)18-12-10(15)4-7(16)5-11(12)17/h4-6,8-9H,2-3H2,1H3,(H,18,19)(H,20,21)/t6?,8-,9+/m0/s1. The second-order valence-electron chi connectivity index (χ2n) is 5.36. The van der Waals surface area contributed by atoms with E-state index in [0.29, 0.717) is 18.9 Å². The molecule has 2 N–H and O–H groups in total. The summed E-state index contributed by atoms with van der Waals surface area (Å²) in [4.78, 5) is 23.3. The molecule has 1 amide bonds. The van der Waals surface area contributed by atoms with Crippen LogP contribution in [0, 0.1) is 29.4 Å². The van der Waals surface area contributed by atoms with E-state index in [2.05, 4.69) is 5.32 Å². The lowest BCUT2D eigenvalue weighted by Crippen LogP contribution is -2.30. The SMILES string of the molecule is CC1C[C@H](C(=O)Nc2c(F)cc(F)cc2Cl)[C@H](C(=O)O)C1. The van der Waals surface area contributed by atoms with Gasteiger partial charge in [0, 0.05) is 6.07 Å². The Morgan fingerprint density at radius 2 is 1.90 bits per heavy atom. The van der Waals surface area contributed by atoms with E-state index in [1.54, 1.807) is 0 Å². The molecule has 7 heteroatoms. The molecule has 3 atom stereocenters. The predicted octanol–water partition coefficient (Wildman–Crippen LogP) is 3.30. The maximum absolute atomic E-state index is 13.6. The minimum Gasteiger partial charge on any atom is -0.481 e. The van der Waals surface area contributed by atoms with Crippen LogP contribution in [0.4, 0.5) is 14.5 Å². The molecule has 1 aliphatic carbocycles. The lowest BCUT2D eigenvalue weighted by atomic mass is 9.95. The molecule has 1 aliphatic rings. The zero-order valence-electron chi connectivity index (χ0n) is 11.2. The molecule has 1 unspecified atom stereocenters. The quantitative estimate of drug-likeness (QED) is 0.899. The number of aliphatic carboxylic acids is 1. The van der Waals surface area contributed by atoms with Gasteiger partial charge in [0.25, 0.3) is 0 Å². The summed E-state index contributed by atoms with van der Waals surface area (Å²) in [6.45, 7) is 1.86. The van der Waals surface area contributed by atoms with E-state index >= 15 is 0 Å². The molecule has 1 fully saturated rings. The molecule has 2 rings (SSSR count). The third-order valence-electron chi connectivity index (χ3n) is 3.71. The van der Waals surface area contributed by atoms with Gasteiger partial charge in [0.1, 0.15) is 5.82 Å². The molecule has 21 heavy (non-hydrogen) atoms. The molecule has 0 saturated heterocycles. The summed E-state index contributed by atoms with van der Waals surface area (Å²) in [7, 11) is 0. The predicted molar refractivity (Wildman–Crippen MR) is 73.0 cm³/mol. The summed E-state index contributed by atoms with van der Waals surface area (Å²) in [5.41, 5.74) is -0.327. The Labute approximate surface area is 125 Å². The van der Waals surface area contributed by atoms with Crippen molar-refractivity contribution in [1.82, 2.24) is 0 Å². The monoisotopic (exact) mass is 317 g/mol. The molecular weight excluding hydrogens is 304 g/mol. The molecule has 4 nitrogen and oxygen atoms in total. The molecule has 0 aliphatic heterocycles. The summed E-state index contributed by atoms with van der Waals surface area (Å²) < 4.78 is 26.6. The van der Waals surface area contributed by atoms with Crippen LogP contribution in [0.25, 0.3) is 0 Å². The first-order valence-electron chi connectivity index (χ1n) is 6.47. The molecule has 0 bridgehead atoms. The summed E-state index contributed by atoms with van der Waals surface area (Å²) in [6, 6.07) is 1.49. The van der Waals surface area contributed by atoms with Gasteiger partial charge in [0.15, 0.2) is 5.82 Å². The highest BCUT2D eigenvalue weighted by Crippen LogP contribution is 2.38. The van der Waals surface area contributed by atoms with Gasteiger partial charge >= 0.3 is 5.97 Å². The van der Waals surface area contributed by atoms with E-state index in [-0.39, 0.29) is 16.6 Å². The lowest BCUT2D eigenvalue weighted by molar-refractivity contribution is -0.145. The van der Waals surface area contributed by atoms with Gasteiger partial charge in [-0.05, 0) is 24.8 Å². The summed E-state index contributed by atoms with van der Waals surface area (Å²) in [6.07, 6.45) is 0.802. The number of nitrogens with one attached hydrogen (secondary N) is 1. The van der Waals surface area contributed by atoms with Crippen molar-refractivity contribution in [3.63, 3.8) is 0 Å². The van der Waals surface area contributed by atoms with Crippen LogP contribution >= 0.6 is 11.6 Å². The third kappa shape index (κ3) is 3.32. The number of carbonyl (C=O) groups excluding carboxylic acids is 1. The first kappa shape index (κ1) is 15.7. The van der Waals surface area contributed by atoms with Gasteiger partial charge in [0.05, 0.1) is 22.5 Å². The number of amides is 1. The van der Waals surface area contributed by atoms with Crippen molar-refractivity contribution in [1.29, 1.82) is 0 Å². The van der Waals surface area contributed by atoms with E-state index in [4.69, 9.17) is 16.7 Å². The van der Waals surface area contributed by atoms with Crippen LogP contribution in [0.2, 0.25) is 5.02 Å². The number of hydrogen-bond acceptors (Lipinski definition) is 2. The molecule has 1 saturated carbocycles. The molecule has 0 spiro atoms. The molecule has 1 aromatic carbocycles. The number of anilines is 1. The second-order valence-corrected chi connectivity index (χ2v) is 5.77. The molecule has 0 heterocycles. The van der Waals surface area contributed by atoms with Crippen molar-refractivity contribution in [2.45, 2.75) is 19.8 Å². The van der Waals surface area contributed by atoms with Gasteiger partial charge in [-0.15, -0.1) is 0 Å². The van der Waals surface area contributed by atoms with Crippen LogP contribution in [0.15, 0.2) is 12.1 Å². The second kappa shape index (κ2) is 5.97. The van der Waals surface area contributed by atoms with E-state index < -0.39 is 35.3 Å². The van der Waals surface area contributed by atoms with Gasteiger partial charge in [-0.3, -0.25) is 9.59 Å². The number of halogens is 3. The summed E-state index contributed by atoms with van der Waals surface area (Å²) >= 11 is 5.70. The number of benzene rings is 1. The fourth-order valence-corrected chi connectivity index (χ4v) is 2.97. The van der Waals surface area contributed by atoms with Gasteiger partial charge in [0.2, 0.25) is 5.91 Å². The number of hydrogen-bond donors (Lipinski definition) is 2. The van der Waals surface area contributed by atoms with E-state index in [0.717, 1.165) is 6.07 Å². The largest absolute Gasteiger partial charge is 0.481 e. The number of rotatable bonds is 3.